The summed E-state index contributed by atoms with van der Waals surface area (Å²) in [5.41, 5.74) is 0. The average Bonchev–Trinajstić information content (AvgIpc) is 3.39. The van der Waals surface area contributed by atoms with Crippen molar-refractivity contribution in [3.05, 3.63) is 24.3 Å². The summed E-state index contributed by atoms with van der Waals surface area (Å²) < 4.78 is 5.49. The van der Waals surface area contributed by atoms with Gasteiger partial charge in [0.05, 0.1) is 25.4 Å². The molecule has 73 heavy (non-hydrogen) atoms. The monoisotopic (exact) mass is 1030 g/mol. The van der Waals surface area contributed by atoms with E-state index < -0.39 is 12.1 Å². The third-order valence-electron chi connectivity index (χ3n) is 15.5. The Kier molecular flexibility index (Phi) is 61.4. The quantitative estimate of drug-likeness (QED) is 0.0320. The summed E-state index contributed by atoms with van der Waals surface area (Å²) in [4.78, 5) is 24.6. The molecule has 6 nitrogen and oxygen atoms in total. The molecule has 6 heteroatoms. The summed E-state index contributed by atoms with van der Waals surface area (Å²) in [6.07, 6.45) is 78.0. The van der Waals surface area contributed by atoms with E-state index in [1.807, 2.05) is 6.08 Å². The number of unbranched alkanes of at least 4 members (excludes halogenated alkanes) is 49. The third kappa shape index (κ3) is 59.4. The van der Waals surface area contributed by atoms with Crippen LogP contribution in [0.3, 0.4) is 0 Å². The Morgan fingerprint density at radius 2 is 0.644 bits per heavy atom. The number of hydrogen-bond acceptors (Lipinski definition) is 5. The topological polar surface area (TPSA) is 95.9 Å². The van der Waals surface area contributed by atoms with Gasteiger partial charge in [0.1, 0.15) is 0 Å². The number of hydrogen-bond donors (Lipinski definition) is 3. The van der Waals surface area contributed by atoms with Crippen LogP contribution in [0.25, 0.3) is 0 Å². The molecule has 0 saturated carbocycles. The summed E-state index contributed by atoms with van der Waals surface area (Å²) in [5.74, 6) is -0.0569. The Balaban J connectivity index is 3.42. The van der Waals surface area contributed by atoms with Crippen LogP contribution in [0.5, 0.6) is 0 Å². The van der Waals surface area contributed by atoms with Crippen molar-refractivity contribution in [3.63, 3.8) is 0 Å². The first-order chi connectivity index (χ1) is 36.0. The van der Waals surface area contributed by atoms with Gasteiger partial charge in [0.15, 0.2) is 0 Å². The van der Waals surface area contributed by atoms with E-state index in [9.17, 15) is 19.8 Å². The Morgan fingerprint density at radius 1 is 0.370 bits per heavy atom. The molecule has 2 atom stereocenters. The molecule has 0 aliphatic heterocycles. The maximum Gasteiger partial charge on any atom is 0.305 e. The fourth-order valence-electron chi connectivity index (χ4n) is 10.4. The molecule has 0 aliphatic carbocycles. The number of amides is 1. The number of carbonyl (C=O) groups excluding carboxylic acids is 2. The summed E-state index contributed by atoms with van der Waals surface area (Å²) >= 11 is 0. The van der Waals surface area contributed by atoms with Crippen LogP contribution in [0.1, 0.15) is 367 Å². The molecule has 0 aromatic rings. The molecule has 0 aromatic carbocycles. The highest BCUT2D eigenvalue weighted by Gasteiger charge is 2.18. The lowest BCUT2D eigenvalue weighted by Crippen LogP contribution is -2.45. The predicted octanol–water partition coefficient (Wildman–Crippen LogP) is 21.0. The van der Waals surface area contributed by atoms with E-state index >= 15 is 0 Å². The molecule has 0 rings (SSSR count). The second-order valence-corrected chi connectivity index (χ2v) is 22.8. The van der Waals surface area contributed by atoms with Gasteiger partial charge < -0.3 is 20.3 Å². The molecule has 0 aliphatic rings. The standard InChI is InChI=1S/C67H129NO5/c1-3-5-7-9-11-13-15-17-19-20-28-32-35-39-43-47-51-55-59-65(70)64(63-69)68-66(71)60-56-52-48-44-40-36-33-29-26-24-22-21-23-25-27-30-34-38-42-46-50-54-58-62-73-67(72)61-57-53-49-45-41-37-31-18-16-14-12-10-8-6-4-2/h24,26,55,59,64-65,69-70H,3-23,25,27-54,56-58,60-63H2,1-2H3,(H,68,71)/b26-24-,59-55+. The first-order valence-electron chi connectivity index (χ1n) is 33.1. The van der Waals surface area contributed by atoms with Gasteiger partial charge in [-0.1, -0.05) is 321 Å². The average molecular weight is 1030 g/mol. The number of ether oxygens (including phenoxy) is 1. The molecule has 0 heterocycles. The van der Waals surface area contributed by atoms with Crippen molar-refractivity contribution in [2.45, 2.75) is 379 Å². The van der Waals surface area contributed by atoms with Gasteiger partial charge in [-0.15, -0.1) is 0 Å². The van der Waals surface area contributed by atoms with Crippen LogP contribution < -0.4 is 5.32 Å². The predicted molar refractivity (Wildman–Crippen MR) is 320 cm³/mol. The fraction of sp³-hybridized carbons (Fsp3) is 0.910. The smallest absolute Gasteiger partial charge is 0.305 e. The molecular weight excluding hydrogens is 899 g/mol. The van der Waals surface area contributed by atoms with Crippen LogP contribution in [-0.2, 0) is 14.3 Å². The number of allylic oxidation sites excluding steroid dienone is 3. The van der Waals surface area contributed by atoms with Crippen LogP contribution in [0.4, 0.5) is 0 Å². The van der Waals surface area contributed by atoms with Crippen LogP contribution in [0.2, 0.25) is 0 Å². The zero-order valence-electron chi connectivity index (χ0n) is 49.4. The van der Waals surface area contributed by atoms with Gasteiger partial charge in [-0.3, -0.25) is 9.59 Å². The Morgan fingerprint density at radius 3 is 0.973 bits per heavy atom. The van der Waals surface area contributed by atoms with Crippen molar-refractivity contribution in [1.29, 1.82) is 0 Å². The van der Waals surface area contributed by atoms with E-state index in [0.29, 0.717) is 19.4 Å². The van der Waals surface area contributed by atoms with Crippen LogP contribution >= 0.6 is 0 Å². The molecule has 0 bridgehead atoms. The summed E-state index contributed by atoms with van der Waals surface area (Å²) in [7, 11) is 0. The lowest BCUT2D eigenvalue weighted by atomic mass is 10.0. The minimum absolute atomic E-state index is 0.0144. The molecule has 3 N–H and O–H groups in total. The van der Waals surface area contributed by atoms with E-state index in [1.165, 1.54) is 295 Å². The molecule has 0 saturated heterocycles. The third-order valence-corrected chi connectivity index (χ3v) is 15.5. The summed E-state index contributed by atoms with van der Waals surface area (Å²) in [6.45, 7) is 4.93. The van der Waals surface area contributed by atoms with E-state index in [0.717, 1.165) is 44.9 Å². The minimum atomic E-state index is -0.848. The van der Waals surface area contributed by atoms with E-state index in [-0.39, 0.29) is 18.5 Å². The normalized spacial score (nSPS) is 12.7. The first-order valence-corrected chi connectivity index (χ1v) is 33.1. The van der Waals surface area contributed by atoms with Gasteiger partial charge in [-0.05, 0) is 57.8 Å². The van der Waals surface area contributed by atoms with E-state index in [1.54, 1.807) is 6.08 Å². The lowest BCUT2D eigenvalue weighted by Gasteiger charge is -2.20. The highest BCUT2D eigenvalue weighted by molar-refractivity contribution is 5.76. The second kappa shape index (κ2) is 62.9. The van der Waals surface area contributed by atoms with E-state index in [4.69, 9.17) is 4.74 Å². The highest BCUT2D eigenvalue weighted by atomic mass is 16.5. The van der Waals surface area contributed by atoms with Crippen molar-refractivity contribution in [1.82, 2.24) is 5.32 Å². The molecule has 2 unspecified atom stereocenters. The molecule has 0 radical (unpaired) electrons. The zero-order chi connectivity index (χ0) is 52.9. The van der Waals surface area contributed by atoms with Gasteiger partial charge in [0.2, 0.25) is 5.91 Å². The lowest BCUT2D eigenvalue weighted by molar-refractivity contribution is -0.143. The van der Waals surface area contributed by atoms with Gasteiger partial charge in [-0.25, -0.2) is 0 Å². The van der Waals surface area contributed by atoms with Gasteiger partial charge >= 0.3 is 5.97 Å². The number of nitrogens with one attached hydrogen (secondary N) is 1. The number of esters is 1. The zero-order valence-corrected chi connectivity index (χ0v) is 49.4. The summed E-state index contributed by atoms with van der Waals surface area (Å²) in [5, 5.41) is 23.2. The van der Waals surface area contributed by atoms with Crippen molar-refractivity contribution >= 4 is 11.9 Å². The highest BCUT2D eigenvalue weighted by Crippen LogP contribution is 2.18. The van der Waals surface area contributed by atoms with Gasteiger partial charge in [0.25, 0.3) is 0 Å². The number of aliphatic hydroxyl groups excluding tert-OH is 2. The maximum atomic E-state index is 12.5. The number of aliphatic hydroxyl groups is 2. The molecule has 0 fully saturated rings. The fourth-order valence-corrected chi connectivity index (χ4v) is 10.4. The number of rotatable bonds is 62. The SMILES string of the molecule is CCCCCCCCCCCCCCCCCC/C=C/C(O)C(CO)NC(=O)CCCCCCCCC/C=C\CCCCCCCCCCCCCCOC(=O)CCCCCCCCCCCCCCCCC. The molecule has 432 valence electrons. The van der Waals surface area contributed by atoms with Crippen molar-refractivity contribution < 1.29 is 24.5 Å². The van der Waals surface area contributed by atoms with Crippen LogP contribution in [-0.4, -0.2) is 47.4 Å². The molecular formula is C67H129NO5. The Bertz CT molecular complexity index is 1140. The van der Waals surface area contributed by atoms with Crippen LogP contribution in [0, 0.1) is 0 Å². The van der Waals surface area contributed by atoms with E-state index in [2.05, 4.69) is 31.3 Å². The molecule has 1 amide bonds. The summed E-state index contributed by atoms with van der Waals surface area (Å²) in [6, 6.07) is -0.632. The number of carbonyl (C=O) groups is 2. The first kappa shape index (κ1) is 71.3. The second-order valence-electron chi connectivity index (χ2n) is 22.8. The Labute approximate surface area is 456 Å². The van der Waals surface area contributed by atoms with Crippen molar-refractivity contribution in [3.8, 4) is 0 Å². The van der Waals surface area contributed by atoms with Crippen molar-refractivity contribution in [2.75, 3.05) is 13.2 Å². The molecule has 0 spiro atoms. The molecule has 0 aromatic heterocycles. The van der Waals surface area contributed by atoms with Crippen LogP contribution in [0.15, 0.2) is 24.3 Å². The largest absolute Gasteiger partial charge is 0.466 e. The maximum absolute atomic E-state index is 12.5. The van der Waals surface area contributed by atoms with Crippen molar-refractivity contribution in [2.24, 2.45) is 0 Å². The van der Waals surface area contributed by atoms with Gasteiger partial charge in [0, 0.05) is 12.8 Å². The Hall–Kier alpha value is -1.66. The minimum Gasteiger partial charge on any atom is -0.466 e. The van der Waals surface area contributed by atoms with Gasteiger partial charge in [-0.2, -0.15) is 0 Å².